The average Bonchev–Trinajstić information content (AvgIpc) is 3.72. The minimum absolute atomic E-state index is 0.819. The van der Waals surface area contributed by atoms with Gasteiger partial charge in [0.15, 0.2) is 5.60 Å². The first-order chi connectivity index (χ1) is 32.2. The molecule has 0 spiro atoms. The van der Waals surface area contributed by atoms with E-state index < -0.39 is 5.60 Å². The van der Waals surface area contributed by atoms with Gasteiger partial charge in [-0.05, 0) is 103 Å². The second-order valence-corrected chi connectivity index (χ2v) is 16.5. The third kappa shape index (κ3) is 6.46. The molecule has 2 heterocycles. The Balaban J connectivity index is 1.01. The van der Waals surface area contributed by atoms with Gasteiger partial charge in [0.25, 0.3) is 0 Å². The summed E-state index contributed by atoms with van der Waals surface area (Å²) in [5, 5.41) is 2.42. The maximum absolute atomic E-state index is 7.64. The number of para-hydroxylation sites is 5. The van der Waals surface area contributed by atoms with E-state index in [0.29, 0.717) is 0 Å². The summed E-state index contributed by atoms with van der Waals surface area (Å²) in [6, 6.07) is 92.9. The fourth-order valence-electron chi connectivity index (χ4n) is 9.90. The fourth-order valence-corrected chi connectivity index (χ4v) is 9.90. The van der Waals surface area contributed by atoms with E-state index in [1.807, 2.05) is 0 Å². The number of fused-ring (bicyclic) bond motifs is 6. The maximum Gasteiger partial charge on any atom is 0.185 e. The summed E-state index contributed by atoms with van der Waals surface area (Å²) < 4.78 is 10.00. The van der Waals surface area contributed by atoms with E-state index in [9.17, 15) is 0 Å². The predicted molar refractivity (Wildman–Crippen MR) is 269 cm³/mol. The van der Waals surface area contributed by atoms with Gasteiger partial charge < -0.3 is 19.1 Å². The number of nitrogens with zero attached hydrogens (tertiary/aromatic N) is 3. The Bertz CT molecular complexity index is 3410. The van der Waals surface area contributed by atoms with Crippen molar-refractivity contribution in [2.24, 2.45) is 0 Å². The molecule has 65 heavy (non-hydrogen) atoms. The largest absolute Gasteiger partial charge is 0.472 e. The lowest BCUT2D eigenvalue weighted by Gasteiger charge is -2.42. The SMILES string of the molecule is c1ccc(N(c2ccccc2)c2ccc3c(c2)OC(c2ccccc2)(c2ccc(N(c4ccccc4)c4ccc5c(c4)c4ccccc4n5-c4ccccc4)cc2)c2ccccc2-3)cc1. The number of aromatic nitrogens is 1. The zero-order valence-corrected chi connectivity index (χ0v) is 35.6. The van der Waals surface area contributed by atoms with Crippen LogP contribution in [0.4, 0.5) is 34.1 Å². The first-order valence-electron chi connectivity index (χ1n) is 22.2. The Labute approximate surface area is 379 Å². The Kier molecular flexibility index (Phi) is 9.35. The van der Waals surface area contributed by atoms with Gasteiger partial charge in [0.05, 0.1) is 11.0 Å². The van der Waals surface area contributed by atoms with Crippen LogP contribution in [0, 0.1) is 0 Å². The molecule has 1 aliphatic heterocycles. The molecule has 0 radical (unpaired) electrons. The van der Waals surface area contributed by atoms with Gasteiger partial charge in [-0.25, -0.2) is 0 Å². The van der Waals surface area contributed by atoms with E-state index >= 15 is 0 Å². The minimum Gasteiger partial charge on any atom is -0.472 e. The summed E-state index contributed by atoms with van der Waals surface area (Å²) in [5.41, 5.74) is 14.3. The van der Waals surface area contributed by atoms with Crippen molar-refractivity contribution in [2.45, 2.75) is 5.60 Å². The molecule has 1 atom stereocenters. The monoisotopic (exact) mass is 833 g/mol. The highest BCUT2D eigenvalue weighted by Crippen LogP contribution is 2.53. The van der Waals surface area contributed by atoms with Crippen LogP contribution in [-0.4, -0.2) is 4.57 Å². The van der Waals surface area contributed by atoms with Gasteiger partial charge in [0, 0.05) is 78.9 Å². The van der Waals surface area contributed by atoms with E-state index in [-0.39, 0.29) is 0 Å². The van der Waals surface area contributed by atoms with Crippen molar-refractivity contribution in [3.63, 3.8) is 0 Å². The molecular weight excluding hydrogens is 791 g/mol. The Morgan fingerprint density at radius 3 is 1.43 bits per heavy atom. The standard InChI is InChI=1S/C61H43N3O/c1-6-20-44(21-7-1)61(57-32-18-16-30-53(57)55-40-38-52(43-60(55)65-61)62(46-22-8-2-9-23-46)47-24-10-3-11-25-47)45-34-36-50(37-35-45)63(48-26-12-4-13-27-48)51-39-41-59-56(42-51)54-31-17-19-33-58(54)64(59)49-28-14-5-15-29-49/h1-43H. The first-order valence-corrected chi connectivity index (χ1v) is 22.2. The molecule has 1 aromatic heterocycles. The molecule has 0 N–H and O–H groups in total. The van der Waals surface area contributed by atoms with Crippen LogP contribution in [0.5, 0.6) is 5.75 Å². The van der Waals surface area contributed by atoms with E-state index in [2.05, 4.69) is 275 Å². The summed E-state index contributed by atoms with van der Waals surface area (Å²) in [6.45, 7) is 0. The highest BCUT2D eigenvalue weighted by molar-refractivity contribution is 6.10. The maximum atomic E-state index is 7.64. The molecule has 4 heteroatoms. The normalized spacial score (nSPS) is 14.0. The number of hydrogen-bond acceptors (Lipinski definition) is 3. The quantitative estimate of drug-likeness (QED) is 0.145. The average molecular weight is 834 g/mol. The van der Waals surface area contributed by atoms with Gasteiger partial charge in [0.1, 0.15) is 5.75 Å². The van der Waals surface area contributed by atoms with E-state index in [1.54, 1.807) is 0 Å². The zero-order valence-electron chi connectivity index (χ0n) is 35.6. The Hall–Kier alpha value is -8.60. The summed E-state index contributed by atoms with van der Waals surface area (Å²) in [6.07, 6.45) is 0. The van der Waals surface area contributed by atoms with Crippen molar-refractivity contribution in [1.29, 1.82) is 0 Å². The second kappa shape index (κ2) is 15.9. The molecule has 1 unspecified atom stereocenters. The topological polar surface area (TPSA) is 20.6 Å². The molecule has 0 bridgehead atoms. The molecule has 1 aliphatic rings. The lowest BCUT2D eigenvalue weighted by molar-refractivity contribution is 0.152. The van der Waals surface area contributed by atoms with Crippen LogP contribution in [0.25, 0.3) is 38.6 Å². The number of benzene rings is 10. The van der Waals surface area contributed by atoms with E-state index in [0.717, 1.165) is 73.4 Å². The van der Waals surface area contributed by atoms with Crippen LogP contribution < -0.4 is 14.5 Å². The summed E-state index contributed by atoms with van der Waals surface area (Å²) in [7, 11) is 0. The van der Waals surface area contributed by atoms with Gasteiger partial charge in [-0.2, -0.15) is 0 Å². The Morgan fingerprint density at radius 1 is 0.323 bits per heavy atom. The molecule has 12 rings (SSSR count). The van der Waals surface area contributed by atoms with Crippen molar-refractivity contribution in [3.8, 4) is 22.6 Å². The van der Waals surface area contributed by atoms with Gasteiger partial charge in [0.2, 0.25) is 0 Å². The lowest BCUT2D eigenvalue weighted by Crippen LogP contribution is -2.38. The third-order valence-electron chi connectivity index (χ3n) is 12.8. The molecule has 0 saturated heterocycles. The van der Waals surface area contributed by atoms with Crippen LogP contribution in [0.1, 0.15) is 16.7 Å². The minimum atomic E-state index is -0.956. The van der Waals surface area contributed by atoms with E-state index in [1.165, 1.54) is 21.8 Å². The number of anilines is 6. The highest BCUT2D eigenvalue weighted by atomic mass is 16.5. The Morgan fingerprint density at radius 2 is 0.785 bits per heavy atom. The van der Waals surface area contributed by atoms with Gasteiger partial charge in [-0.15, -0.1) is 0 Å². The van der Waals surface area contributed by atoms with Crippen molar-refractivity contribution in [2.75, 3.05) is 9.80 Å². The van der Waals surface area contributed by atoms with Crippen LogP contribution in [-0.2, 0) is 5.60 Å². The number of ether oxygens (including phenoxy) is 1. The van der Waals surface area contributed by atoms with Crippen molar-refractivity contribution >= 4 is 55.9 Å². The smallest absolute Gasteiger partial charge is 0.185 e. The van der Waals surface area contributed by atoms with Crippen LogP contribution >= 0.6 is 0 Å². The molecule has 0 fully saturated rings. The van der Waals surface area contributed by atoms with Crippen LogP contribution in [0.3, 0.4) is 0 Å². The molecule has 0 aliphatic carbocycles. The molecular formula is C61H43N3O. The third-order valence-corrected chi connectivity index (χ3v) is 12.8. The van der Waals surface area contributed by atoms with Gasteiger partial charge in [-0.3, -0.25) is 0 Å². The van der Waals surface area contributed by atoms with Crippen LogP contribution in [0.15, 0.2) is 261 Å². The van der Waals surface area contributed by atoms with Gasteiger partial charge in [-0.1, -0.05) is 158 Å². The molecule has 10 aromatic carbocycles. The van der Waals surface area contributed by atoms with Gasteiger partial charge >= 0.3 is 0 Å². The highest BCUT2D eigenvalue weighted by Gasteiger charge is 2.44. The second-order valence-electron chi connectivity index (χ2n) is 16.5. The van der Waals surface area contributed by atoms with Crippen molar-refractivity contribution in [3.05, 3.63) is 278 Å². The fraction of sp³-hybridized carbons (Fsp3) is 0.0164. The van der Waals surface area contributed by atoms with Crippen molar-refractivity contribution < 1.29 is 4.74 Å². The molecule has 0 amide bonds. The van der Waals surface area contributed by atoms with Crippen molar-refractivity contribution in [1.82, 2.24) is 4.57 Å². The number of rotatable bonds is 9. The summed E-state index contributed by atoms with van der Waals surface area (Å²) >= 11 is 0. The number of hydrogen-bond donors (Lipinski definition) is 0. The van der Waals surface area contributed by atoms with E-state index in [4.69, 9.17) is 4.74 Å². The van der Waals surface area contributed by atoms with Crippen LogP contribution in [0.2, 0.25) is 0 Å². The summed E-state index contributed by atoms with van der Waals surface area (Å²) in [4.78, 5) is 4.64. The lowest BCUT2D eigenvalue weighted by atomic mass is 9.75. The first kappa shape index (κ1) is 38.1. The zero-order chi connectivity index (χ0) is 43.2. The molecule has 4 nitrogen and oxygen atoms in total. The predicted octanol–water partition coefficient (Wildman–Crippen LogP) is 16.1. The molecule has 11 aromatic rings. The summed E-state index contributed by atoms with van der Waals surface area (Å²) in [5.74, 6) is 0.819. The molecule has 308 valence electrons. The molecule has 0 saturated carbocycles.